The Hall–Kier alpha value is -3.29. The highest BCUT2D eigenvalue weighted by Crippen LogP contribution is 2.06. The number of benzene rings is 1. The summed E-state index contributed by atoms with van der Waals surface area (Å²) in [7, 11) is 0. The first-order valence-corrected chi connectivity index (χ1v) is 6.96. The second kappa shape index (κ2) is 6.22. The zero-order valence-electron chi connectivity index (χ0n) is 12.1. The third-order valence-electron chi connectivity index (χ3n) is 3.31. The van der Waals surface area contributed by atoms with Crippen LogP contribution in [0.25, 0.3) is 10.8 Å². The summed E-state index contributed by atoms with van der Waals surface area (Å²) in [5.74, 6) is -0.379. The summed E-state index contributed by atoms with van der Waals surface area (Å²) in [5, 5.41) is 8.11. The van der Waals surface area contributed by atoms with E-state index in [4.69, 9.17) is 5.73 Å². The van der Waals surface area contributed by atoms with Crippen LogP contribution in [-0.4, -0.2) is 32.2 Å². The van der Waals surface area contributed by atoms with Crippen LogP contribution < -0.4 is 16.6 Å². The van der Waals surface area contributed by atoms with Gasteiger partial charge in [-0.1, -0.05) is 18.2 Å². The van der Waals surface area contributed by atoms with E-state index in [1.54, 1.807) is 18.3 Å². The SMILES string of the molecule is Nc1nccnc1C(=O)NCCn1ncc2ccccc2c1=O. The first-order chi connectivity index (χ1) is 11.2. The highest BCUT2D eigenvalue weighted by atomic mass is 16.2. The maximum absolute atomic E-state index is 12.3. The molecule has 8 nitrogen and oxygen atoms in total. The number of aromatic nitrogens is 4. The molecule has 3 rings (SSSR count). The molecule has 3 aromatic rings. The Morgan fingerprint density at radius 3 is 2.83 bits per heavy atom. The van der Waals surface area contributed by atoms with Crippen molar-refractivity contribution in [2.45, 2.75) is 6.54 Å². The van der Waals surface area contributed by atoms with Gasteiger partial charge in [-0.25, -0.2) is 14.6 Å². The van der Waals surface area contributed by atoms with E-state index in [-0.39, 0.29) is 30.2 Å². The van der Waals surface area contributed by atoms with Gasteiger partial charge in [0.1, 0.15) is 0 Å². The predicted molar refractivity (Wildman–Crippen MR) is 84.8 cm³/mol. The zero-order chi connectivity index (χ0) is 16.2. The maximum Gasteiger partial charge on any atom is 0.274 e. The summed E-state index contributed by atoms with van der Waals surface area (Å²) in [6.45, 7) is 0.468. The van der Waals surface area contributed by atoms with E-state index in [9.17, 15) is 9.59 Å². The molecule has 0 saturated carbocycles. The van der Waals surface area contributed by atoms with Crippen molar-refractivity contribution in [3.05, 3.63) is 58.9 Å². The summed E-state index contributed by atoms with van der Waals surface area (Å²) < 4.78 is 1.31. The molecule has 3 N–H and O–H groups in total. The van der Waals surface area contributed by atoms with Gasteiger partial charge in [0.25, 0.3) is 11.5 Å². The van der Waals surface area contributed by atoms with Crippen LogP contribution in [0.4, 0.5) is 5.82 Å². The lowest BCUT2D eigenvalue weighted by Gasteiger charge is -2.08. The van der Waals surface area contributed by atoms with E-state index in [0.717, 1.165) is 5.39 Å². The quantitative estimate of drug-likeness (QED) is 0.711. The number of carbonyl (C=O) groups is 1. The van der Waals surface area contributed by atoms with Crippen LogP contribution in [0.1, 0.15) is 10.5 Å². The van der Waals surface area contributed by atoms with Crippen molar-refractivity contribution in [2.75, 3.05) is 12.3 Å². The fourth-order valence-electron chi connectivity index (χ4n) is 2.17. The highest BCUT2D eigenvalue weighted by Gasteiger charge is 2.11. The number of rotatable bonds is 4. The fourth-order valence-corrected chi connectivity index (χ4v) is 2.17. The van der Waals surface area contributed by atoms with Crippen molar-refractivity contribution in [1.29, 1.82) is 0 Å². The number of carbonyl (C=O) groups excluding carboxylic acids is 1. The lowest BCUT2D eigenvalue weighted by atomic mass is 10.2. The van der Waals surface area contributed by atoms with Crippen LogP contribution in [0.2, 0.25) is 0 Å². The Kier molecular flexibility index (Phi) is 3.96. The molecule has 0 spiro atoms. The number of hydrogen-bond acceptors (Lipinski definition) is 6. The van der Waals surface area contributed by atoms with Gasteiger partial charge in [0.15, 0.2) is 11.5 Å². The number of nitrogens with two attached hydrogens (primary N) is 1. The predicted octanol–water partition coefficient (Wildman–Crippen LogP) is 0.199. The molecule has 1 aromatic carbocycles. The zero-order valence-corrected chi connectivity index (χ0v) is 12.1. The summed E-state index contributed by atoms with van der Waals surface area (Å²) >= 11 is 0. The lowest BCUT2D eigenvalue weighted by molar-refractivity contribution is 0.0947. The molecule has 0 aliphatic heterocycles. The van der Waals surface area contributed by atoms with Crippen molar-refractivity contribution in [3.8, 4) is 0 Å². The van der Waals surface area contributed by atoms with Gasteiger partial charge in [-0.05, 0) is 6.07 Å². The molecule has 2 aromatic heterocycles. The molecule has 0 saturated heterocycles. The number of hydrogen-bond donors (Lipinski definition) is 2. The van der Waals surface area contributed by atoms with E-state index in [0.29, 0.717) is 5.39 Å². The monoisotopic (exact) mass is 310 g/mol. The number of fused-ring (bicyclic) bond motifs is 1. The normalized spacial score (nSPS) is 10.6. The molecule has 0 aliphatic rings. The van der Waals surface area contributed by atoms with E-state index in [2.05, 4.69) is 20.4 Å². The molecule has 1 amide bonds. The highest BCUT2D eigenvalue weighted by molar-refractivity contribution is 5.96. The van der Waals surface area contributed by atoms with Crippen LogP contribution >= 0.6 is 0 Å². The average Bonchev–Trinajstić information content (AvgIpc) is 2.57. The van der Waals surface area contributed by atoms with Crippen molar-refractivity contribution in [1.82, 2.24) is 25.1 Å². The van der Waals surface area contributed by atoms with Crippen LogP contribution in [-0.2, 0) is 6.54 Å². The Balaban J connectivity index is 1.70. The summed E-state index contributed by atoms with van der Waals surface area (Å²) in [6, 6.07) is 7.22. The molecule has 0 atom stereocenters. The molecule has 8 heteroatoms. The number of nitrogens with one attached hydrogen (secondary N) is 1. The minimum Gasteiger partial charge on any atom is -0.382 e. The van der Waals surface area contributed by atoms with Gasteiger partial charge in [-0.2, -0.15) is 5.10 Å². The molecule has 116 valence electrons. The topological polar surface area (TPSA) is 116 Å². The first kappa shape index (κ1) is 14.6. The van der Waals surface area contributed by atoms with Crippen molar-refractivity contribution < 1.29 is 4.79 Å². The third-order valence-corrected chi connectivity index (χ3v) is 3.31. The molecular weight excluding hydrogens is 296 g/mol. The van der Waals surface area contributed by atoms with Crippen molar-refractivity contribution in [3.63, 3.8) is 0 Å². The minimum atomic E-state index is -0.440. The Morgan fingerprint density at radius 2 is 2.00 bits per heavy atom. The lowest BCUT2D eigenvalue weighted by Crippen LogP contribution is -2.32. The first-order valence-electron chi connectivity index (χ1n) is 6.96. The maximum atomic E-state index is 12.3. The standard InChI is InChI=1S/C15H14N6O2/c16-13-12(17-5-6-18-13)14(22)19-7-8-21-15(23)11-4-2-1-3-10(11)9-20-21/h1-6,9H,7-8H2,(H2,16,18)(H,19,22). The summed E-state index contributed by atoms with van der Waals surface area (Å²) in [5.41, 5.74) is 5.45. The van der Waals surface area contributed by atoms with Gasteiger partial charge in [0, 0.05) is 24.3 Å². The Morgan fingerprint density at radius 1 is 1.22 bits per heavy atom. The van der Waals surface area contributed by atoms with E-state index in [1.165, 1.54) is 17.1 Å². The van der Waals surface area contributed by atoms with Crippen molar-refractivity contribution in [2.24, 2.45) is 0 Å². The molecule has 23 heavy (non-hydrogen) atoms. The van der Waals surface area contributed by atoms with E-state index < -0.39 is 5.91 Å². The minimum absolute atomic E-state index is 0.0611. The van der Waals surface area contributed by atoms with Crippen LogP contribution in [0.15, 0.2) is 47.7 Å². The average molecular weight is 310 g/mol. The van der Waals surface area contributed by atoms with Crippen LogP contribution in [0.3, 0.4) is 0 Å². The van der Waals surface area contributed by atoms with Crippen LogP contribution in [0.5, 0.6) is 0 Å². The Labute approximate surface area is 131 Å². The van der Waals surface area contributed by atoms with E-state index in [1.807, 2.05) is 12.1 Å². The van der Waals surface area contributed by atoms with Gasteiger partial charge in [0.2, 0.25) is 0 Å². The van der Waals surface area contributed by atoms with Gasteiger partial charge >= 0.3 is 0 Å². The van der Waals surface area contributed by atoms with Gasteiger partial charge in [0.05, 0.1) is 18.1 Å². The molecule has 0 aliphatic carbocycles. The third kappa shape index (κ3) is 3.00. The molecule has 2 heterocycles. The van der Waals surface area contributed by atoms with Gasteiger partial charge in [-0.3, -0.25) is 9.59 Å². The van der Waals surface area contributed by atoms with E-state index >= 15 is 0 Å². The number of nitrogens with zero attached hydrogens (tertiary/aromatic N) is 4. The molecule has 0 radical (unpaired) electrons. The smallest absolute Gasteiger partial charge is 0.274 e. The molecule has 0 unspecified atom stereocenters. The Bertz CT molecular complexity index is 921. The molecule has 0 fully saturated rings. The second-order valence-corrected chi connectivity index (χ2v) is 4.81. The molecule has 0 bridgehead atoms. The fraction of sp³-hybridized carbons (Fsp3) is 0.133. The number of amides is 1. The largest absolute Gasteiger partial charge is 0.382 e. The van der Waals surface area contributed by atoms with Crippen molar-refractivity contribution >= 4 is 22.5 Å². The summed E-state index contributed by atoms with van der Waals surface area (Å²) in [4.78, 5) is 31.9. The number of anilines is 1. The molecular formula is C15H14N6O2. The second-order valence-electron chi connectivity index (χ2n) is 4.81. The van der Waals surface area contributed by atoms with Crippen LogP contribution in [0, 0.1) is 0 Å². The van der Waals surface area contributed by atoms with Gasteiger partial charge < -0.3 is 11.1 Å². The van der Waals surface area contributed by atoms with Gasteiger partial charge in [-0.15, -0.1) is 0 Å². The summed E-state index contributed by atoms with van der Waals surface area (Å²) in [6.07, 6.45) is 4.42. The number of nitrogen functional groups attached to an aromatic ring is 1.